The second-order valence-corrected chi connectivity index (χ2v) is 6.13. The third-order valence-electron chi connectivity index (χ3n) is 4.48. The van der Waals surface area contributed by atoms with Crippen LogP contribution in [-0.2, 0) is 4.79 Å². The molecule has 0 radical (unpaired) electrons. The van der Waals surface area contributed by atoms with Crippen molar-refractivity contribution in [2.24, 2.45) is 11.7 Å². The van der Waals surface area contributed by atoms with Crippen LogP contribution in [0.1, 0.15) is 33.1 Å². The molecule has 1 aromatic rings. The lowest BCUT2D eigenvalue weighted by Gasteiger charge is -2.34. The minimum absolute atomic E-state index is 0. The fourth-order valence-corrected chi connectivity index (χ4v) is 2.65. The molecular weight excluding hydrogens is 338 g/mol. The topological polar surface area (TPSA) is 55.6 Å². The number of piperidine rings is 1. The zero-order chi connectivity index (χ0) is 17.0. The highest BCUT2D eigenvalue weighted by atomic mass is 35.5. The van der Waals surface area contributed by atoms with E-state index in [-0.39, 0.29) is 36.1 Å². The largest absolute Gasteiger partial charge is 0.487 e. The van der Waals surface area contributed by atoms with Gasteiger partial charge < -0.3 is 15.4 Å². The van der Waals surface area contributed by atoms with Gasteiger partial charge in [-0.3, -0.25) is 4.79 Å². The molecule has 1 aliphatic heterocycles. The first-order valence-corrected chi connectivity index (χ1v) is 8.08. The Morgan fingerprint density at radius 1 is 1.38 bits per heavy atom. The van der Waals surface area contributed by atoms with Gasteiger partial charge in [0.25, 0.3) is 0 Å². The maximum Gasteiger partial charge on any atom is 0.239 e. The second kappa shape index (κ2) is 9.18. The molecule has 7 heteroatoms. The number of amides is 1. The van der Waals surface area contributed by atoms with Gasteiger partial charge in [0.1, 0.15) is 11.9 Å². The van der Waals surface area contributed by atoms with Gasteiger partial charge in [-0.05, 0) is 18.1 Å². The van der Waals surface area contributed by atoms with Crippen LogP contribution in [0.2, 0.25) is 0 Å². The molecule has 2 N–H and O–H groups in total. The number of benzene rings is 1. The lowest BCUT2D eigenvalue weighted by Crippen LogP contribution is -2.50. The number of rotatable bonds is 5. The summed E-state index contributed by atoms with van der Waals surface area (Å²) in [7, 11) is 0. The highest BCUT2D eigenvalue weighted by Crippen LogP contribution is 2.23. The van der Waals surface area contributed by atoms with Crippen molar-refractivity contribution in [3.8, 4) is 5.75 Å². The highest BCUT2D eigenvalue weighted by molar-refractivity contribution is 5.85. The molecule has 2 atom stereocenters. The molecule has 1 aromatic carbocycles. The summed E-state index contributed by atoms with van der Waals surface area (Å²) < 4.78 is 32.1. The minimum atomic E-state index is -0.706. The predicted molar refractivity (Wildman–Crippen MR) is 91.3 cm³/mol. The summed E-state index contributed by atoms with van der Waals surface area (Å²) in [6.07, 6.45) is 1.89. The number of hydrogen-bond acceptors (Lipinski definition) is 3. The van der Waals surface area contributed by atoms with Crippen LogP contribution in [0.5, 0.6) is 5.75 Å². The quantitative estimate of drug-likeness (QED) is 0.875. The van der Waals surface area contributed by atoms with Crippen LogP contribution < -0.4 is 10.5 Å². The maximum absolute atomic E-state index is 13.6. The lowest BCUT2D eigenvalue weighted by molar-refractivity contribution is -0.135. The predicted octanol–water partition coefficient (Wildman–Crippen LogP) is 3.13. The molecule has 136 valence electrons. The van der Waals surface area contributed by atoms with Gasteiger partial charge in [-0.25, -0.2) is 8.78 Å². The fraction of sp³-hybridized carbons (Fsp3) is 0.588. The van der Waals surface area contributed by atoms with Crippen LogP contribution in [0, 0.1) is 17.6 Å². The molecule has 1 amide bonds. The van der Waals surface area contributed by atoms with Gasteiger partial charge >= 0.3 is 0 Å². The van der Waals surface area contributed by atoms with Crippen molar-refractivity contribution >= 4 is 18.3 Å². The highest BCUT2D eigenvalue weighted by Gasteiger charge is 2.29. The average molecular weight is 363 g/mol. The molecule has 1 heterocycles. The van der Waals surface area contributed by atoms with Crippen LogP contribution >= 0.6 is 12.4 Å². The zero-order valence-electron chi connectivity index (χ0n) is 14.0. The summed E-state index contributed by atoms with van der Waals surface area (Å²) >= 11 is 0. The second-order valence-electron chi connectivity index (χ2n) is 6.13. The summed E-state index contributed by atoms with van der Waals surface area (Å²) in [4.78, 5) is 14.1. The fourth-order valence-electron chi connectivity index (χ4n) is 2.65. The number of hydrogen-bond donors (Lipinski definition) is 1. The minimum Gasteiger partial charge on any atom is -0.487 e. The first-order chi connectivity index (χ1) is 10.9. The number of halogens is 3. The molecule has 0 aromatic heterocycles. The van der Waals surface area contributed by atoms with Crippen molar-refractivity contribution in [2.45, 2.75) is 45.3 Å². The molecule has 2 rings (SSSR count). The van der Waals surface area contributed by atoms with Gasteiger partial charge in [-0.15, -0.1) is 12.4 Å². The molecule has 1 aliphatic rings. The summed E-state index contributed by atoms with van der Waals surface area (Å²) in [6.45, 7) is 5.05. The molecule has 0 bridgehead atoms. The molecule has 0 saturated carbocycles. The first kappa shape index (κ1) is 20.6. The van der Waals surface area contributed by atoms with Gasteiger partial charge in [-0.2, -0.15) is 0 Å². The van der Waals surface area contributed by atoms with Crippen molar-refractivity contribution in [2.75, 3.05) is 13.1 Å². The lowest BCUT2D eigenvalue weighted by atomic mass is 9.97. The molecule has 0 aliphatic carbocycles. The number of nitrogens with two attached hydrogens (primary N) is 1. The van der Waals surface area contributed by atoms with E-state index in [0.29, 0.717) is 25.9 Å². The van der Waals surface area contributed by atoms with E-state index >= 15 is 0 Å². The van der Waals surface area contributed by atoms with E-state index in [9.17, 15) is 13.6 Å². The van der Waals surface area contributed by atoms with Crippen LogP contribution in [0.3, 0.4) is 0 Å². The molecular formula is C17H25ClF2N2O2. The Kier molecular flexibility index (Phi) is 7.90. The van der Waals surface area contributed by atoms with Gasteiger partial charge in [0.2, 0.25) is 5.91 Å². The van der Waals surface area contributed by atoms with Gasteiger partial charge in [0.15, 0.2) is 11.6 Å². The van der Waals surface area contributed by atoms with E-state index in [0.717, 1.165) is 12.5 Å². The Bertz CT molecular complexity index is 551. The average Bonchev–Trinajstić information content (AvgIpc) is 2.56. The SMILES string of the molecule is CCC(C)C(N)C(=O)N1CCC(Oc2ccc(F)cc2F)CC1.Cl. The van der Waals surface area contributed by atoms with E-state index in [1.165, 1.54) is 12.1 Å². The Labute approximate surface area is 147 Å². The summed E-state index contributed by atoms with van der Waals surface area (Å²) in [5.41, 5.74) is 5.99. The van der Waals surface area contributed by atoms with Gasteiger partial charge in [-0.1, -0.05) is 20.3 Å². The first-order valence-electron chi connectivity index (χ1n) is 8.08. The molecule has 24 heavy (non-hydrogen) atoms. The van der Waals surface area contributed by atoms with E-state index < -0.39 is 17.7 Å². The smallest absolute Gasteiger partial charge is 0.239 e. The molecule has 1 fully saturated rings. The summed E-state index contributed by atoms with van der Waals surface area (Å²) in [5, 5.41) is 0. The van der Waals surface area contributed by atoms with Crippen molar-refractivity contribution in [1.29, 1.82) is 0 Å². The van der Waals surface area contributed by atoms with E-state index in [1.54, 1.807) is 4.90 Å². The Hall–Kier alpha value is -1.40. The van der Waals surface area contributed by atoms with Crippen LogP contribution in [0.25, 0.3) is 0 Å². The number of nitrogens with zero attached hydrogens (tertiary/aromatic N) is 1. The van der Waals surface area contributed by atoms with E-state index in [1.807, 2.05) is 13.8 Å². The van der Waals surface area contributed by atoms with Crippen LogP contribution in [-0.4, -0.2) is 36.0 Å². The van der Waals surface area contributed by atoms with Crippen molar-refractivity contribution in [3.63, 3.8) is 0 Å². The summed E-state index contributed by atoms with van der Waals surface area (Å²) in [6, 6.07) is 2.79. The van der Waals surface area contributed by atoms with Crippen molar-refractivity contribution < 1.29 is 18.3 Å². The Morgan fingerprint density at radius 2 is 2.00 bits per heavy atom. The number of ether oxygens (including phenoxy) is 1. The number of carbonyl (C=O) groups is 1. The Morgan fingerprint density at radius 3 is 2.54 bits per heavy atom. The molecule has 1 saturated heterocycles. The Balaban J connectivity index is 0.00000288. The van der Waals surface area contributed by atoms with Crippen LogP contribution in [0.4, 0.5) is 8.78 Å². The van der Waals surface area contributed by atoms with Gasteiger partial charge in [0.05, 0.1) is 6.04 Å². The molecule has 0 spiro atoms. The van der Waals surface area contributed by atoms with E-state index in [2.05, 4.69) is 0 Å². The maximum atomic E-state index is 13.6. The van der Waals surface area contributed by atoms with Crippen molar-refractivity contribution in [1.82, 2.24) is 4.90 Å². The third kappa shape index (κ3) is 5.05. The molecule has 4 nitrogen and oxygen atoms in total. The van der Waals surface area contributed by atoms with E-state index in [4.69, 9.17) is 10.5 Å². The number of carbonyl (C=O) groups excluding carboxylic acids is 1. The van der Waals surface area contributed by atoms with Crippen molar-refractivity contribution in [3.05, 3.63) is 29.8 Å². The third-order valence-corrected chi connectivity index (χ3v) is 4.48. The monoisotopic (exact) mass is 362 g/mol. The van der Waals surface area contributed by atoms with Crippen LogP contribution in [0.15, 0.2) is 18.2 Å². The van der Waals surface area contributed by atoms with Gasteiger partial charge in [0, 0.05) is 32.0 Å². The number of likely N-dealkylation sites (tertiary alicyclic amines) is 1. The normalized spacial score (nSPS) is 17.8. The zero-order valence-corrected chi connectivity index (χ0v) is 14.8. The summed E-state index contributed by atoms with van der Waals surface area (Å²) in [5.74, 6) is -1.18. The standard InChI is InChI=1S/C17H24F2N2O2.ClH/c1-3-11(2)16(20)17(22)21-8-6-13(7-9-21)23-15-5-4-12(18)10-14(15)19;/h4-5,10-11,13,16H,3,6-9,20H2,1-2H3;1H. The molecule has 2 unspecified atom stereocenters.